The van der Waals surface area contributed by atoms with Crippen LogP contribution >= 0.6 is 11.8 Å². The molecule has 138 valence electrons. The van der Waals surface area contributed by atoms with E-state index in [9.17, 15) is 0 Å². The minimum absolute atomic E-state index is 0.626. The van der Waals surface area contributed by atoms with Crippen molar-refractivity contribution in [2.24, 2.45) is 4.99 Å². The summed E-state index contributed by atoms with van der Waals surface area (Å²) in [7, 11) is 1.71. The third kappa shape index (κ3) is 4.15. The topological polar surface area (TPSA) is 37.7 Å². The third-order valence-corrected chi connectivity index (χ3v) is 5.70. The van der Waals surface area contributed by atoms with Crippen LogP contribution in [0.1, 0.15) is 16.7 Å². The number of fused-ring (bicyclic) bond motifs is 2. The summed E-state index contributed by atoms with van der Waals surface area (Å²) in [5, 5.41) is 3.28. The number of hydrogen-bond acceptors (Lipinski definition) is 4. The second-order valence-corrected chi connectivity index (χ2v) is 7.71. The first-order valence-corrected chi connectivity index (χ1v) is 9.95. The maximum atomic E-state index is 5.17. The molecular formula is C22H23N3OS. The summed E-state index contributed by atoms with van der Waals surface area (Å²) < 4.78 is 5.17. The average molecular weight is 378 g/mol. The molecular weight excluding hydrogens is 354 g/mol. The largest absolute Gasteiger partial charge is 0.383 e. The first-order valence-electron chi connectivity index (χ1n) is 9.13. The van der Waals surface area contributed by atoms with E-state index in [1.54, 1.807) is 18.9 Å². The van der Waals surface area contributed by atoms with Crippen molar-refractivity contribution in [3.05, 3.63) is 71.3 Å². The minimum atomic E-state index is 0.626. The fourth-order valence-corrected chi connectivity index (χ4v) is 4.23. The van der Waals surface area contributed by atoms with Crippen LogP contribution in [0, 0.1) is 6.92 Å². The van der Waals surface area contributed by atoms with Crippen LogP contribution in [-0.4, -0.2) is 35.3 Å². The normalized spacial score (nSPS) is 15.3. The minimum Gasteiger partial charge on any atom is -0.383 e. The SMILES string of the molecule is COCCN=C1Sc2nc3ccc(C)cc3cc2CN1Cc1ccccc1. The van der Waals surface area contributed by atoms with Crippen LogP contribution in [0.4, 0.5) is 0 Å². The Hall–Kier alpha value is -2.37. The summed E-state index contributed by atoms with van der Waals surface area (Å²) in [4.78, 5) is 12.0. The molecule has 0 atom stereocenters. The number of aryl methyl sites for hydroxylation is 1. The lowest BCUT2D eigenvalue weighted by Crippen LogP contribution is -2.32. The Labute approximate surface area is 164 Å². The highest BCUT2D eigenvalue weighted by atomic mass is 32.2. The van der Waals surface area contributed by atoms with Gasteiger partial charge >= 0.3 is 0 Å². The van der Waals surface area contributed by atoms with Crippen LogP contribution in [0.15, 0.2) is 64.6 Å². The van der Waals surface area contributed by atoms with Crippen LogP contribution in [-0.2, 0) is 17.8 Å². The molecule has 5 heteroatoms. The molecule has 1 aliphatic rings. The molecule has 27 heavy (non-hydrogen) atoms. The van der Waals surface area contributed by atoms with E-state index in [1.165, 1.54) is 22.1 Å². The third-order valence-electron chi connectivity index (χ3n) is 4.59. The molecule has 0 unspecified atom stereocenters. The summed E-state index contributed by atoms with van der Waals surface area (Å²) in [5.74, 6) is 0. The zero-order valence-electron chi connectivity index (χ0n) is 15.7. The molecule has 0 saturated heterocycles. The van der Waals surface area contributed by atoms with Crippen LogP contribution < -0.4 is 0 Å². The standard InChI is InChI=1S/C22H23N3OS/c1-16-8-9-20-18(12-16)13-19-15-25(14-17-6-4-3-5-7-17)22(23-10-11-26-2)27-21(19)24-20/h3-9,12-13H,10-11,14-15H2,1-2H3. The van der Waals surface area contributed by atoms with Crippen molar-refractivity contribution in [3.8, 4) is 0 Å². The highest BCUT2D eigenvalue weighted by Gasteiger charge is 2.24. The van der Waals surface area contributed by atoms with Gasteiger partial charge in [0.1, 0.15) is 5.03 Å². The number of thioether (sulfide) groups is 1. The summed E-state index contributed by atoms with van der Waals surface area (Å²) in [6.07, 6.45) is 0. The van der Waals surface area contributed by atoms with E-state index in [0.29, 0.717) is 13.2 Å². The second-order valence-electron chi connectivity index (χ2n) is 6.75. The second kappa shape index (κ2) is 8.11. The molecule has 4 rings (SSSR count). The maximum Gasteiger partial charge on any atom is 0.166 e. The van der Waals surface area contributed by atoms with Gasteiger partial charge in [0, 0.05) is 31.1 Å². The summed E-state index contributed by atoms with van der Waals surface area (Å²) in [5.41, 5.74) is 4.85. The molecule has 3 aromatic rings. The zero-order valence-corrected chi connectivity index (χ0v) is 16.5. The molecule has 2 aromatic carbocycles. The number of methoxy groups -OCH3 is 1. The fraction of sp³-hybridized carbons (Fsp3) is 0.273. The first-order chi connectivity index (χ1) is 13.2. The van der Waals surface area contributed by atoms with E-state index >= 15 is 0 Å². The van der Waals surface area contributed by atoms with E-state index in [4.69, 9.17) is 14.7 Å². The van der Waals surface area contributed by atoms with Crippen LogP contribution in [0.3, 0.4) is 0 Å². The van der Waals surface area contributed by atoms with Crippen molar-refractivity contribution in [2.75, 3.05) is 20.3 Å². The maximum absolute atomic E-state index is 5.17. The number of benzene rings is 2. The van der Waals surface area contributed by atoms with Gasteiger partial charge in [0.25, 0.3) is 0 Å². The lowest BCUT2D eigenvalue weighted by atomic mass is 10.1. The lowest BCUT2D eigenvalue weighted by Gasteiger charge is -2.31. The number of rotatable bonds is 5. The number of amidine groups is 1. The Morgan fingerprint density at radius 1 is 1.15 bits per heavy atom. The number of nitrogens with zero attached hydrogens (tertiary/aromatic N) is 3. The molecule has 4 nitrogen and oxygen atoms in total. The zero-order chi connectivity index (χ0) is 18.6. The van der Waals surface area contributed by atoms with Crippen molar-refractivity contribution < 1.29 is 4.74 Å². The van der Waals surface area contributed by atoms with Crippen LogP contribution in [0.2, 0.25) is 0 Å². The Morgan fingerprint density at radius 3 is 2.81 bits per heavy atom. The lowest BCUT2D eigenvalue weighted by molar-refractivity contribution is 0.207. The fourth-order valence-electron chi connectivity index (χ4n) is 3.24. The first kappa shape index (κ1) is 18.0. The van der Waals surface area contributed by atoms with E-state index in [-0.39, 0.29) is 0 Å². The van der Waals surface area contributed by atoms with Gasteiger partial charge in [-0.1, -0.05) is 42.0 Å². The Balaban J connectivity index is 1.68. The van der Waals surface area contributed by atoms with Gasteiger partial charge in [-0.05, 0) is 42.4 Å². The van der Waals surface area contributed by atoms with Crippen molar-refractivity contribution in [3.63, 3.8) is 0 Å². The number of hydrogen-bond donors (Lipinski definition) is 0. The molecule has 0 bridgehead atoms. The predicted molar refractivity (Wildman–Crippen MR) is 112 cm³/mol. The molecule has 0 fully saturated rings. The molecule has 0 aliphatic carbocycles. The van der Waals surface area contributed by atoms with E-state index < -0.39 is 0 Å². The monoisotopic (exact) mass is 377 g/mol. The molecule has 2 heterocycles. The quantitative estimate of drug-likeness (QED) is 0.607. The van der Waals surface area contributed by atoms with Gasteiger partial charge in [0.2, 0.25) is 0 Å². The van der Waals surface area contributed by atoms with Crippen LogP contribution in [0.5, 0.6) is 0 Å². The highest BCUT2D eigenvalue weighted by Crippen LogP contribution is 2.34. The van der Waals surface area contributed by atoms with Crippen molar-refractivity contribution in [1.29, 1.82) is 0 Å². The van der Waals surface area contributed by atoms with Crippen molar-refractivity contribution >= 4 is 27.8 Å². The summed E-state index contributed by atoms with van der Waals surface area (Å²) >= 11 is 1.66. The van der Waals surface area contributed by atoms with Gasteiger partial charge in [-0.15, -0.1) is 0 Å². The van der Waals surface area contributed by atoms with Gasteiger partial charge < -0.3 is 9.64 Å². The Kier molecular flexibility index (Phi) is 5.41. The summed E-state index contributed by atoms with van der Waals surface area (Å²) in [6, 6.07) is 19.2. The molecule has 0 N–H and O–H groups in total. The van der Waals surface area contributed by atoms with E-state index in [1.807, 2.05) is 0 Å². The highest BCUT2D eigenvalue weighted by molar-refractivity contribution is 8.13. The Morgan fingerprint density at radius 2 is 2.00 bits per heavy atom. The van der Waals surface area contributed by atoms with Crippen LogP contribution in [0.25, 0.3) is 10.9 Å². The van der Waals surface area contributed by atoms with Crippen molar-refractivity contribution in [2.45, 2.75) is 25.0 Å². The average Bonchev–Trinajstić information content (AvgIpc) is 2.68. The molecule has 0 amide bonds. The van der Waals surface area contributed by atoms with E-state index in [0.717, 1.165) is 28.8 Å². The van der Waals surface area contributed by atoms with Gasteiger partial charge in [-0.2, -0.15) is 0 Å². The van der Waals surface area contributed by atoms with Gasteiger partial charge in [-0.25, -0.2) is 4.98 Å². The smallest absolute Gasteiger partial charge is 0.166 e. The number of aromatic nitrogens is 1. The molecule has 1 aromatic heterocycles. The van der Waals surface area contributed by atoms with Crippen molar-refractivity contribution in [1.82, 2.24) is 9.88 Å². The predicted octanol–water partition coefficient (Wildman–Crippen LogP) is 4.65. The number of aliphatic imine (C=N–C) groups is 1. The van der Waals surface area contributed by atoms with Gasteiger partial charge in [0.05, 0.1) is 18.7 Å². The number of pyridine rings is 1. The summed E-state index contributed by atoms with van der Waals surface area (Å²) in [6.45, 7) is 5.06. The molecule has 0 spiro atoms. The van der Waals surface area contributed by atoms with Gasteiger partial charge in [0.15, 0.2) is 5.17 Å². The van der Waals surface area contributed by atoms with Gasteiger partial charge in [-0.3, -0.25) is 4.99 Å². The number of ether oxygens (including phenoxy) is 1. The molecule has 0 saturated carbocycles. The van der Waals surface area contributed by atoms with E-state index in [2.05, 4.69) is 66.4 Å². The molecule has 1 aliphatic heterocycles. The Bertz CT molecular complexity index is 972. The molecule has 0 radical (unpaired) electrons.